The van der Waals surface area contributed by atoms with Crippen LogP contribution in [0.25, 0.3) is 0 Å². The zero-order valence-corrected chi connectivity index (χ0v) is 16.7. The Hall–Kier alpha value is -0.560. The van der Waals surface area contributed by atoms with Gasteiger partial charge < -0.3 is 20.6 Å². The number of aliphatic hydroxyl groups is 1. The molecule has 148 valence electrons. The van der Waals surface area contributed by atoms with Crippen LogP contribution < -0.4 is 5.73 Å². The third-order valence-corrected chi connectivity index (χ3v) is 7.51. The van der Waals surface area contributed by atoms with Crippen LogP contribution in [-0.2, 0) is 9.59 Å². The number of carbonyl (C=O) groups is 2. The van der Waals surface area contributed by atoms with Gasteiger partial charge in [0.15, 0.2) is 0 Å². The first kappa shape index (κ1) is 20.2. The summed E-state index contributed by atoms with van der Waals surface area (Å²) in [5.74, 6) is 0.376. The molecule has 3 N–H and O–H groups in total. The van der Waals surface area contributed by atoms with Gasteiger partial charge in [0.25, 0.3) is 0 Å². The van der Waals surface area contributed by atoms with Crippen molar-refractivity contribution in [3.8, 4) is 0 Å². The Morgan fingerprint density at radius 2 is 1.65 bits per heavy atom. The Morgan fingerprint density at radius 1 is 1.08 bits per heavy atom. The first-order chi connectivity index (χ1) is 12.3. The molecule has 8 heteroatoms. The topological polar surface area (TPSA) is 86.9 Å². The summed E-state index contributed by atoms with van der Waals surface area (Å²) < 4.78 is 0. The van der Waals surface area contributed by atoms with E-state index in [1.165, 1.54) is 6.92 Å². The predicted octanol–water partition coefficient (Wildman–Crippen LogP) is 1.02. The highest BCUT2D eigenvalue weighted by Crippen LogP contribution is 2.37. The largest absolute Gasteiger partial charge is 0.393 e. The van der Waals surface area contributed by atoms with Crippen molar-refractivity contribution in [3.05, 3.63) is 0 Å². The molecule has 2 amide bonds. The lowest BCUT2D eigenvalue weighted by Crippen LogP contribution is -2.57. The van der Waals surface area contributed by atoms with Crippen molar-refractivity contribution in [1.29, 1.82) is 0 Å². The Bertz CT molecular complexity index is 536. The second-order valence-corrected chi connectivity index (χ2v) is 9.22. The molecule has 3 rings (SSSR count). The summed E-state index contributed by atoms with van der Waals surface area (Å²) in [7, 11) is 0. The molecule has 3 aliphatic rings. The molecule has 0 bridgehead atoms. The van der Waals surface area contributed by atoms with Gasteiger partial charge in [0.05, 0.1) is 22.8 Å². The molecule has 0 spiro atoms. The average Bonchev–Trinajstić information content (AvgIpc) is 2.56. The van der Waals surface area contributed by atoms with E-state index in [0.29, 0.717) is 39.0 Å². The molecule has 26 heavy (non-hydrogen) atoms. The highest BCUT2D eigenvalue weighted by Gasteiger charge is 2.42. The third kappa shape index (κ3) is 4.13. The van der Waals surface area contributed by atoms with Crippen LogP contribution in [0.2, 0.25) is 0 Å². The molecule has 2 saturated heterocycles. The number of hydrogen-bond acceptors (Lipinski definition) is 4. The summed E-state index contributed by atoms with van der Waals surface area (Å²) in [4.78, 5) is 27.4. The van der Waals surface area contributed by atoms with Gasteiger partial charge in [0.2, 0.25) is 11.8 Å². The Balaban J connectivity index is 1.47. The normalized spacial score (nSPS) is 35.1. The summed E-state index contributed by atoms with van der Waals surface area (Å²) in [6.07, 6.45) is 2.31. The molecule has 0 aromatic heterocycles. The van der Waals surface area contributed by atoms with Crippen LogP contribution in [0.5, 0.6) is 0 Å². The van der Waals surface area contributed by atoms with Gasteiger partial charge in [-0.1, -0.05) is 0 Å². The minimum Gasteiger partial charge on any atom is -0.393 e. The SMILES string of the molecule is CC(=O)N1CC(C(=O)N2CCC([C@@H](N)C3CC(Cl)C(Cl)CC3O)CC2)C1. The molecule has 3 fully saturated rings. The standard InChI is InChI=1S/C18H29Cl2N3O3/c1-10(24)23-8-12(9-23)18(26)22-4-2-11(3-5-22)17(21)13-6-14(19)15(20)7-16(13)25/h11-17,25H,2-9,21H2,1H3/t13?,14?,15?,16?,17-/m1/s1. The van der Waals surface area contributed by atoms with Crippen molar-refractivity contribution in [2.24, 2.45) is 23.5 Å². The van der Waals surface area contributed by atoms with Crippen LogP contribution in [0.1, 0.15) is 32.6 Å². The zero-order valence-electron chi connectivity index (χ0n) is 15.2. The smallest absolute Gasteiger partial charge is 0.229 e. The third-order valence-electron chi connectivity index (χ3n) is 6.42. The fraction of sp³-hybridized carbons (Fsp3) is 0.889. The number of halogens is 2. The second-order valence-electron chi connectivity index (χ2n) is 8.10. The molecule has 1 aliphatic carbocycles. The first-order valence-electron chi connectivity index (χ1n) is 9.54. The van der Waals surface area contributed by atoms with Crippen LogP contribution in [-0.4, -0.2) is 75.8 Å². The summed E-state index contributed by atoms with van der Waals surface area (Å²) in [5.41, 5.74) is 6.48. The number of amides is 2. The molecular weight excluding hydrogens is 377 g/mol. The maximum absolute atomic E-state index is 12.5. The van der Waals surface area contributed by atoms with Crippen LogP contribution in [0.15, 0.2) is 0 Å². The van der Waals surface area contributed by atoms with Gasteiger partial charge in [-0.3, -0.25) is 9.59 Å². The molecule has 2 aliphatic heterocycles. The lowest BCUT2D eigenvalue weighted by Gasteiger charge is -2.44. The Kier molecular flexibility index (Phi) is 6.37. The van der Waals surface area contributed by atoms with E-state index in [0.717, 1.165) is 12.8 Å². The Morgan fingerprint density at radius 3 is 2.23 bits per heavy atom. The highest BCUT2D eigenvalue weighted by atomic mass is 35.5. The van der Waals surface area contributed by atoms with Gasteiger partial charge in [-0.15, -0.1) is 23.2 Å². The van der Waals surface area contributed by atoms with E-state index in [9.17, 15) is 14.7 Å². The lowest BCUT2D eigenvalue weighted by molar-refractivity contribution is -0.148. The number of rotatable bonds is 3. The van der Waals surface area contributed by atoms with Crippen LogP contribution in [0, 0.1) is 17.8 Å². The fourth-order valence-electron chi connectivity index (χ4n) is 4.54. The minimum atomic E-state index is -0.505. The second kappa shape index (κ2) is 8.21. The first-order valence-corrected chi connectivity index (χ1v) is 10.4. The molecule has 1 saturated carbocycles. The van der Waals surface area contributed by atoms with E-state index in [1.807, 2.05) is 4.90 Å². The maximum atomic E-state index is 12.5. The number of likely N-dealkylation sites (tertiary alicyclic amines) is 2. The number of piperidine rings is 1. The van der Waals surface area contributed by atoms with E-state index in [2.05, 4.69) is 0 Å². The number of alkyl halides is 2. The average molecular weight is 406 g/mol. The number of hydrogen-bond donors (Lipinski definition) is 2. The monoisotopic (exact) mass is 405 g/mol. The van der Waals surface area contributed by atoms with Crippen molar-refractivity contribution >= 4 is 35.0 Å². The van der Waals surface area contributed by atoms with Crippen LogP contribution in [0.4, 0.5) is 0 Å². The van der Waals surface area contributed by atoms with Crippen molar-refractivity contribution in [3.63, 3.8) is 0 Å². The van der Waals surface area contributed by atoms with E-state index in [-0.39, 0.29) is 46.4 Å². The van der Waals surface area contributed by atoms with Gasteiger partial charge in [-0.25, -0.2) is 0 Å². The molecule has 6 nitrogen and oxygen atoms in total. The van der Waals surface area contributed by atoms with Crippen molar-refractivity contribution in [1.82, 2.24) is 9.80 Å². The quantitative estimate of drug-likeness (QED) is 0.686. The molecule has 5 atom stereocenters. The van der Waals surface area contributed by atoms with E-state index in [4.69, 9.17) is 28.9 Å². The molecule has 4 unspecified atom stereocenters. The van der Waals surface area contributed by atoms with Crippen LogP contribution >= 0.6 is 23.2 Å². The minimum absolute atomic E-state index is 0.0292. The molecule has 0 aromatic rings. The number of carbonyl (C=O) groups excluding carboxylic acids is 2. The molecule has 0 aromatic carbocycles. The van der Waals surface area contributed by atoms with E-state index in [1.54, 1.807) is 4.90 Å². The number of aliphatic hydroxyl groups excluding tert-OH is 1. The van der Waals surface area contributed by atoms with E-state index >= 15 is 0 Å². The Labute approximate surface area is 165 Å². The van der Waals surface area contributed by atoms with Crippen molar-refractivity contribution in [2.45, 2.75) is 55.5 Å². The van der Waals surface area contributed by atoms with Gasteiger partial charge >= 0.3 is 0 Å². The van der Waals surface area contributed by atoms with Gasteiger partial charge in [-0.05, 0) is 31.6 Å². The molecule has 2 heterocycles. The highest BCUT2D eigenvalue weighted by molar-refractivity contribution is 6.30. The van der Waals surface area contributed by atoms with E-state index < -0.39 is 6.10 Å². The zero-order chi connectivity index (χ0) is 19.0. The predicted molar refractivity (Wildman–Crippen MR) is 101 cm³/mol. The fourth-order valence-corrected chi connectivity index (χ4v) is 5.13. The summed E-state index contributed by atoms with van der Waals surface area (Å²) in [6.45, 7) is 4.00. The van der Waals surface area contributed by atoms with Gasteiger partial charge in [-0.2, -0.15) is 0 Å². The van der Waals surface area contributed by atoms with Crippen molar-refractivity contribution < 1.29 is 14.7 Å². The summed E-state index contributed by atoms with van der Waals surface area (Å²) in [6, 6.07) is -0.121. The van der Waals surface area contributed by atoms with Gasteiger partial charge in [0.1, 0.15) is 0 Å². The van der Waals surface area contributed by atoms with Gasteiger partial charge in [0, 0.05) is 45.1 Å². The maximum Gasteiger partial charge on any atom is 0.229 e. The van der Waals surface area contributed by atoms with Crippen molar-refractivity contribution in [2.75, 3.05) is 26.2 Å². The molecular formula is C18H29Cl2N3O3. The summed E-state index contributed by atoms with van der Waals surface area (Å²) >= 11 is 12.4. The lowest BCUT2D eigenvalue weighted by atomic mass is 9.74. The molecule has 0 radical (unpaired) electrons. The number of nitrogens with two attached hydrogens (primary N) is 1. The van der Waals surface area contributed by atoms with Crippen LogP contribution in [0.3, 0.4) is 0 Å². The summed E-state index contributed by atoms with van der Waals surface area (Å²) in [5, 5.41) is 10.0. The number of nitrogens with zero attached hydrogens (tertiary/aromatic N) is 2.